The van der Waals surface area contributed by atoms with E-state index < -0.39 is 11.6 Å². The Morgan fingerprint density at radius 3 is 2.66 bits per heavy atom. The second-order valence-corrected chi connectivity index (χ2v) is 8.68. The first kappa shape index (κ1) is 20.9. The molecule has 3 aromatic rings. The van der Waals surface area contributed by atoms with Gasteiger partial charge in [-0.05, 0) is 24.3 Å². The average Bonchev–Trinajstić information content (AvgIpc) is 3.23. The van der Waals surface area contributed by atoms with Crippen LogP contribution in [0.2, 0.25) is 0 Å². The summed E-state index contributed by atoms with van der Waals surface area (Å²) in [6.07, 6.45) is 0. The van der Waals surface area contributed by atoms with Crippen molar-refractivity contribution in [3.63, 3.8) is 0 Å². The minimum absolute atomic E-state index is 0.149. The summed E-state index contributed by atoms with van der Waals surface area (Å²) >= 11 is 1.30. The Morgan fingerprint density at radius 2 is 1.84 bits per heavy atom. The molecule has 1 saturated heterocycles. The maximum absolute atomic E-state index is 13.9. The number of anilines is 1. The number of nitrogens with one attached hydrogen (secondary N) is 1. The van der Waals surface area contributed by atoms with Crippen molar-refractivity contribution in [1.82, 2.24) is 15.2 Å². The number of carbonyl (C=O) groups is 1. The molecule has 0 spiro atoms. The highest BCUT2D eigenvalue weighted by molar-refractivity contribution is 7.22. The average molecular weight is 461 g/mol. The lowest BCUT2D eigenvalue weighted by atomic mass is 10.2. The molecule has 2 aliphatic rings. The second kappa shape index (κ2) is 8.87. The molecule has 168 valence electrons. The predicted molar refractivity (Wildman–Crippen MR) is 118 cm³/mol. The third-order valence-corrected chi connectivity index (χ3v) is 6.63. The van der Waals surface area contributed by atoms with Crippen molar-refractivity contribution in [2.75, 3.05) is 57.4 Å². The lowest BCUT2D eigenvalue weighted by Crippen LogP contribution is -2.48. The minimum Gasteiger partial charge on any atom is -0.486 e. The fourth-order valence-electron chi connectivity index (χ4n) is 3.86. The fraction of sp³-hybridized carbons (Fsp3) is 0.364. The lowest BCUT2D eigenvalue weighted by Gasteiger charge is -2.34. The van der Waals surface area contributed by atoms with Crippen molar-refractivity contribution in [3.05, 3.63) is 47.5 Å². The molecule has 0 atom stereocenters. The van der Waals surface area contributed by atoms with E-state index in [1.165, 1.54) is 17.4 Å². The first-order chi connectivity index (χ1) is 15.6. The Morgan fingerprint density at radius 1 is 1.06 bits per heavy atom. The van der Waals surface area contributed by atoms with Crippen LogP contribution in [-0.2, 0) is 0 Å². The van der Waals surface area contributed by atoms with Gasteiger partial charge in [0.2, 0.25) is 0 Å². The van der Waals surface area contributed by atoms with Gasteiger partial charge < -0.3 is 19.7 Å². The number of aromatic nitrogens is 1. The van der Waals surface area contributed by atoms with E-state index in [1.807, 2.05) is 0 Å². The van der Waals surface area contributed by atoms with Crippen molar-refractivity contribution in [3.8, 4) is 11.5 Å². The predicted octanol–water partition coefficient (Wildman–Crippen LogP) is 2.90. The number of fused-ring (bicyclic) bond motifs is 2. The Balaban J connectivity index is 1.11. The van der Waals surface area contributed by atoms with Gasteiger partial charge in [0.1, 0.15) is 24.5 Å². The number of thiazole rings is 1. The van der Waals surface area contributed by atoms with E-state index in [1.54, 1.807) is 18.2 Å². The van der Waals surface area contributed by atoms with Crippen LogP contribution in [0.15, 0.2) is 30.3 Å². The number of nitrogens with zero attached hydrogens (tertiary/aromatic N) is 3. The number of benzene rings is 2. The van der Waals surface area contributed by atoms with Crippen LogP contribution >= 0.6 is 11.3 Å². The summed E-state index contributed by atoms with van der Waals surface area (Å²) in [5, 5.41) is 3.65. The maximum atomic E-state index is 13.9. The third kappa shape index (κ3) is 4.33. The summed E-state index contributed by atoms with van der Waals surface area (Å²) in [5.74, 6) is -0.114. The molecule has 0 unspecified atom stereocenters. The van der Waals surface area contributed by atoms with Crippen molar-refractivity contribution < 1.29 is 23.0 Å². The Bertz CT molecular complexity index is 1150. The molecule has 1 aromatic heterocycles. The monoisotopic (exact) mass is 460 g/mol. The van der Waals surface area contributed by atoms with Gasteiger partial charge in [0.05, 0.1) is 4.70 Å². The lowest BCUT2D eigenvalue weighted by molar-refractivity contribution is 0.0946. The number of rotatable bonds is 5. The summed E-state index contributed by atoms with van der Waals surface area (Å²) in [6, 6.07) is 7.37. The zero-order chi connectivity index (χ0) is 22.1. The summed E-state index contributed by atoms with van der Waals surface area (Å²) in [7, 11) is 0. The van der Waals surface area contributed by atoms with E-state index in [-0.39, 0.29) is 11.4 Å². The van der Waals surface area contributed by atoms with E-state index in [9.17, 15) is 13.6 Å². The molecular weight excluding hydrogens is 438 g/mol. The highest BCUT2D eigenvalue weighted by Gasteiger charge is 2.21. The number of carbonyl (C=O) groups excluding carboxylic acids is 1. The van der Waals surface area contributed by atoms with Crippen LogP contribution in [-0.4, -0.2) is 68.3 Å². The van der Waals surface area contributed by atoms with Gasteiger partial charge in [-0.15, -0.1) is 0 Å². The van der Waals surface area contributed by atoms with Gasteiger partial charge in [0.15, 0.2) is 22.4 Å². The second-order valence-electron chi connectivity index (χ2n) is 7.67. The van der Waals surface area contributed by atoms with Gasteiger partial charge >= 0.3 is 0 Å². The van der Waals surface area contributed by atoms with Crippen LogP contribution in [0.3, 0.4) is 0 Å². The summed E-state index contributed by atoms with van der Waals surface area (Å²) in [4.78, 5) is 21.2. The fourth-order valence-corrected chi connectivity index (χ4v) is 4.91. The van der Waals surface area contributed by atoms with Gasteiger partial charge in [0, 0.05) is 50.9 Å². The van der Waals surface area contributed by atoms with Crippen LogP contribution in [0.1, 0.15) is 10.4 Å². The van der Waals surface area contributed by atoms with Gasteiger partial charge in [-0.2, -0.15) is 0 Å². The normalized spacial score (nSPS) is 16.4. The van der Waals surface area contributed by atoms with E-state index in [0.717, 1.165) is 38.8 Å². The van der Waals surface area contributed by atoms with E-state index >= 15 is 0 Å². The van der Waals surface area contributed by atoms with E-state index in [0.29, 0.717) is 46.7 Å². The van der Waals surface area contributed by atoms with Crippen molar-refractivity contribution >= 4 is 32.6 Å². The smallest absolute Gasteiger partial charge is 0.251 e. The van der Waals surface area contributed by atoms with Crippen LogP contribution in [0.25, 0.3) is 10.2 Å². The number of hydrogen-bond acceptors (Lipinski definition) is 7. The first-order valence-corrected chi connectivity index (χ1v) is 11.3. The Kier molecular flexibility index (Phi) is 5.79. The molecule has 2 aromatic carbocycles. The van der Waals surface area contributed by atoms with Crippen molar-refractivity contribution in [2.24, 2.45) is 0 Å². The highest BCUT2D eigenvalue weighted by Crippen LogP contribution is 2.32. The molecular formula is C22H22F2N4O3S. The quantitative estimate of drug-likeness (QED) is 0.632. The number of ether oxygens (including phenoxy) is 2. The highest BCUT2D eigenvalue weighted by atomic mass is 32.1. The molecule has 0 aliphatic carbocycles. The molecule has 1 fully saturated rings. The van der Waals surface area contributed by atoms with E-state index in [2.05, 4.69) is 20.1 Å². The number of amides is 1. The molecule has 1 amide bonds. The third-order valence-electron chi connectivity index (χ3n) is 5.56. The van der Waals surface area contributed by atoms with E-state index in [4.69, 9.17) is 9.47 Å². The Hall–Kier alpha value is -2.98. The van der Waals surface area contributed by atoms with Crippen LogP contribution in [0.5, 0.6) is 11.5 Å². The van der Waals surface area contributed by atoms with Crippen molar-refractivity contribution in [1.29, 1.82) is 0 Å². The molecule has 32 heavy (non-hydrogen) atoms. The van der Waals surface area contributed by atoms with Crippen LogP contribution in [0, 0.1) is 11.6 Å². The number of piperazine rings is 1. The molecule has 0 saturated carbocycles. The maximum Gasteiger partial charge on any atom is 0.251 e. The Labute approximate surface area is 187 Å². The molecule has 0 radical (unpaired) electrons. The van der Waals surface area contributed by atoms with Crippen LogP contribution < -0.4 is 19.7 Å². The molecule has 7 nitrogen and oxygen atoms in total. The molecule has 10 heteroatoms. The minimum atomic E-state index is -0.630. The van der Waals surface area contributed by atoms with Crippen LogP contribution in [0.4, 0.5) is 13.9 Å². The topological polar surface area (TPSA) is 66.9 Å². The summed E-state index contributed by atoms with van der Waals surface area (Å²) in [5.41, 5.74) is 0.759. The van der Waals surface area contributed by atoms with Crippen molar-refractivity contribution in [2.45, 2.75) is 0 Å². The molecule has 5 rings (SSSR count). The molecule has 1 N–H and O–H groups in total. The molecule has 3 heterocycles. The molecule has 2 aliphatic heterocycles. The molecule has 0 bridgehead atoms. The largest absolute Gasteiger partial charge is 0.486 e. The number of hydrogen-bond donors (Lipinski definition) is 1. The SMILES string of the molecule is O=C(NCCN1CCN(c2nc3c(F)cc(F)cc3s2)CC1)c1ccc2c(c1)OCCO2. The number of halogens is 2. The van der Waals surface area contributed by atoms with Gasteiger partial charge in [0.25, 0.3) is 5.91 Å². The zero-order valence-electron chi connectivity index (χ0n) is 17.3. The summed E-state index contributed by atoms with van der Waals surface area (Å²) < 4.78 is 38.9. The zero-order valence-corrected chi connectivity index (χ0v) is 18.1. The van der Waals surface area contributed by atoms with Gasteiger partial charge in [-0.1, -0.05) is 11.3 Å². The summed E-state index contributed by atoms with van der Waals surface area (Å²) in [6.45, 7) is 5.31. The van der Waals surface area contributed by atoms with Gasteiger partial charge in [-0.25, -0.2) is 13.8 Å². The van der Waals surface area contributed by atoms with Gasteiger partial charge in [-0.3, -0.25) is 9.69 Å². The first-order valence-electron chi connectivity index (χ1n) is 10.5. The standard InChI is InChI=1S/C22H22F2N4O3S/c23-15-12-16(24)20-19(13-15)32-22(26-20)28-7-5-27(6-8-28)4-3-25-21(29)14-1-2-17-18(11-14)31-10-9-30-17/h1-2,11-13H,3-10H2,(H,25,29).